The normalized spacial score (nSPS) is 11.4. The second-order valence-electron chi connectivity index (χ2n) is 6.67. The van der Waals surface area contributed by atoms with Gasteiger partial charge in [0.25, 0.3) is 0 Å². The minimum absolute atomic E-state index is 0.174. The summed E-state index contributed by atoms with van der Waals surface area (Å²) in [6, 6.07) is 18.4. The fourth-order valence-electron chi connectivity index (χ4n) is 3.04. The maximum atomic E-state index is 12.7. The standard InChI is InChI=1S/C23H20N2O3S2/c1-28-22-6-2-18(3-7-22)19-4-8-23(9-5-19)30(26,27)25-14-17-12-21(15-24-13-17)20-10-11-29-16-20/h2-13,15-16,25H,14H2,1H3. The van der Waals surface area contributed by atoms with Gasteiger partial charge in [-0.05, 0) is 69.4 Å². The smallest absolute Gasteiger partial charge is 0.240 e. The Hall–Kier alpha value is -3.00. The molecule has 30 heavy (non-hydrogen) atoms. The van der Waals surface area contributed by atoms with Crippen molar-refractivity contribution in [1.29, 1.82) is 0 Å². The molecule has 0 aliphatic heterocycles. The molecule has 2 aromatic heterocycles. The van der Waals surface area contributed by atoms with Gasteiger partial charge >= 0.3 is 0 Å². The molecule has 2 heterocycles. The van der Waals surface area contributed by atoms with Crippen molar-refractivity contribution >= 4 is 21.4 Å². The van der Waals surface area contributed by atoms with Crippen LogP contribution in [0.2, 0.25) is 0 Å². The molecular weight excluding hydrogens is 416 g/mol. The van der Waals surface area contributed by atoms with E-state index in [1.54, 1.807) is 55.1 Å². The zero-order valence-electron chi connectivity index (χ0n) is 16.3. The first kappa shape index (κ1) is 20.3. The molecule has 0 aliphatic rings. The molecule has 0 bridgehead atoms. The third-order valence-electron chi connectivity index (χ3n) is 4.70. The number of hydrogen-bond donors (Lipinski definition) is 1. The molecule has 0 unspecified atom stereocenters. The summed E-state index contributed by atoms with van der Waals surface area (Å²) >= 11 is 1.61. The molecule has 4 aromatic rings. The average molecular weight is 437 g/mol. The topological polar surface area (TPSA) is 68.3 Å². The Balaban J connectivity index is 1.46. The molecule has 7 heteroatoms. The lowest BCUT2D eigenvalue weighted by Gasteiger charge is -2.09. The zero-order valence-corrected chi connectivity index (χ0v) is 17.9. The van der Waals surface area contributed by atoms with Gasteiger partial charge in [0.1, 0.15) is 5.75 Å². The van der Waals surface area contributed by atoms with Crippen molar-refractivity contribution < 1.29 is 13.2 Å². The van der Waals surface area contributed by atoms with Crippen LogP contribution in [0.5, 0.6) is 5.75 Å². The van der Waals surface area contributed by atoms with Crippen molar-refractivity contribution in [1.82, 2.24) is 9.71 Å². The number of rotatable bonds is 7. The number of benzene rings is 2. The van der Waals surface area contributed by atoms with Crippen LogP contribution >= 0.6 is 11.3 Å². The Morgan fingerprint density at radius 3 is 2.23 bits per heavy atom. The van der Waals surface area contributed by atoms with Crippen LogP contribution in [0.1, 0.15) is 5.56 Å². The van der Waals surface area contributed by atoms with E-state index < -0.39 is 10.0 Å². The molecule has 0 fully saturated rings. The fourth-order valence-corrected chi connectivity index (χ4v) is 4.73. The number of ether oxygens (including phenoxy) is 1. The van der Waals surface area contributed by atoms with Crippen LogP contribution in [-0.2, 0) is 16.6 Å². The Morgan fingerprint density at radius 1 is 0.900 bits per heavy atom. The molecule has 0 spiro atoms. The van der Waals surface area contributed by atoms with Crippen LogP contribution in [0, 0.1) is 0 Å². The molecule has 4 rings (SSSR count). The number of methoxy groups -OCH3 is 1. The molecule has 1 N–H and O–H groups in total. The summed E-state index contributed by atoms with van der Waals surface area (Å²) in [4.78, 5) is 4.46. The lowest BCUT2D eigenvalue weighted by Crippen LogP contribution is -2.23. The molecule has 2 aromatic carbocycles. The van der Waals surface area contributed by atoms with E-state index in [1.165, 1.54) is 0 Å². The van der Waals surface area contributed by atoms with Crippen molar-refractivity contribution in [3.63, 3.8) is 0 Å². The van der Waals surface area contributed by atoms with Crippen LogP contribution in [0.3, 0.4) is 0 Å². The summed E-state index contributed by atoms with van der Waals surface area (Å²) in [5.74, 6) is 0.778. The monoisotopic (exact) mass is 436 g/mol. The van der Waals surface area contributed by atoms with Crippen molar-refractivity contribution in [2.75, 3.05) is 7.11 Å². The molecular formula is C23H20N2O3S2. The predicted molar refractivity (Wildman–Crippen MR) is 120 cm³/mol. The molecule has 0 amide bonds. The van der Waals surface area contributed by atoms with E-state index in [2.05, 4.69) is 9.71 Å². The molecule has 0 saturated carbocycles. The quantitative estimate of drug-likeness (QED) is 0.444. The zero-order chi connectivity index (χ0) is 21.0. The second-order valence-corrected chi connectivity index (χ2v) is 9.22. The van der Waals surface area contributed by atoms with E-state index >= 15 is 0 Å². The maximum absolute atomic E-state index is 12.7. The number of nitrogens with one attached hydrogen (secondary N) is 1. The van der Waals surface area contributed by atoms with E-state index in [1.807, 2.05) is 47.2 Å². The fraction of sp³-hybridized carbons (Fsp3) is 0.0870. The highest BCUT2D eigenvalue weighted by Gasteiger charge is 2.14. The van der Waals surface area contributed by atoms with Crippen molar-refractivity contribution in [2.45, 2.75) is 11.4 Å². The molecule has 5 nitrogen and oxygen atoms in total. The van der Waals surface area contributed by atoms with Crippen molar-refractivity contribution in [3.05, 3.63) is 89.4 Å². The minimum Gasteiger partial charge on any atom is -0.497 e. The molecule has 0 aliphatic carbocycles. The van der Waals surface area contributed by atoms with Crippen molar-refractivity contribution in [2.24, 2.45) is 0 Å². The number of sulfonamides is 1. The number of nitrogens with zero attached hydrogens (tertiary/aromatic N) is 1. The largest absolute Gasteiger partial charge is 0.497 e. The van der Waals surface area contributed by atoms with Crippen LogP contribution in [-0.4, -0.2) is 20.5 Å². The SMILES string of the molecule is COc1ccc(-c2ccc(S(=O)(=O)NCc3cncc(-c4ccsc4)c3)cc2)cc1. The summed E-state index contributed by atoms with van der Waals surface area (Å²) in [6.45, 7) is 0.174. The lowest BCUT2D eigenvalue weighted by molar-refractivity contribution is 0.415. The summed E-state index contributed by atoms with van der Waals surface area (Å²) in [5, 5.41) is 4.04. The Labute approximate surface area is 180 Å². The summed E-state index contributed by atoms with van der Waals surface area (Å²) in [6.07, 6.45) is 3.45. The molecule has 0 atom stereocenters. The van der Waals surface area contributed by atoms with E-state index in [9.17, 15) is 8.42 Å². The Morgan fingerprint density at radius 2 is 1.60 bits per heavy atom. The maximum Gasteiger partial charge on any atom is 0.240 e. The van der Waals surface area contributed by atoms with Gasteiger partial charge in [0.05, 0.1) is 12.0 Å². The van der Waals surface area contributed by atoms with E-state index in [0.29, 0.717) is 0 Å². The molecule has 0 saturated heterocycles. The van der Waals surface area contributed by atoms with Gasteiger partial charge in [0, 0.05) is 24.5 Å². The van der Waals surface area contributed by atoms with Gasteiger partial charge < -0.3 is 4.74 Å². The minimum atomic E-state index is -3.63. The van der Waals surface area contributed by atoms with E-state index in [-0.39, 0.29) is 11.4 Å². The second kappa shape index (κ2) is 8.79. The number of thiophene rings is 1. The highest BCUT2D eigenvalue weighted by molar-refractivity contribution is 7.89. The molecule has 152 valence electrons. The number of pyridine rings is 1. The van der Waals surface area contributed by atoms with Gasteiger partial charge in [-0.1, -0.05) is 24.3 Å². The van der Waals surface area contributed by atoms with Gasteiger partial charge in [-0.3, -0.25) is 4.98 Å². The molecule has 0 radical (unpaired) electrons. The summed E-state index contributed by atoms with van der Waals surface area (Å²) in [5.41, 5.74) is 4.77. The number of hydrogen-bond acceptors (Lipinski definition) is 5. The highest BCUT2D eigenvalue weighted by atomic mass is 32.2. The average Bonchev–Trinajstić information content (AvgIpc) is 3.33. The summed E-state index contributed by atoms with van der Waals surface area (Å²) < 4.78 is 33.2. The van der Waals surface area contributed by atoms with Gasteiger partial charge in [0.2, 0.25) is 10.0 Å². The lowest BCUT2D eigenvalue weighted by atomic mass is 10.1. The van der Waals surface area contributed by atoms with Gasteiger partial charge in [-0.15, -0.1) is 0 Å². The third-order valence-corrected chi connectivity index (χ3v) is 6.80. The predicted octanol–water partition coefficient (Wildman–Crippen LogP) is 4.96. The van der Waals surface area contributed by atoms with Crippen LogP contribution < -0.4 is 9.46 Å². The van der Waals surface area contributed by atoms with Gasteiger partial charge in [-0.2, -0.15) is 11.3 Å². The van der Waals surface area contributed by atoms with Gasteiger partial charge in [-0.25, -0.2) is 13.1 Å². The third kappa shape index (κ3) is 4.59. The van der Waals surface area contributed by atoms with E-state index in [4.69, 9.17) is 4.74 Å². The first-order chi connectivity index (χ1) is 14.5. The van der Waals surface area contributed by atoms with Crippen LogP contribution in [0.4, 0.5) is 0 Å². The van der Waals surface area contributed by atoms with Crippen molar-refractivity contribution in [3.8, 4) is 28.0 Å². The van der Waals surface area contributed by atoms with Gasteiger partial charge in [0.15, 0.2) is 0 Å². The van der Waals surface area contributed by atoms with Crippen LogP contribution in [0.15, 0.2) is 88.7 Å². The number of aromatic nitrogens is 1. The Bertz CT molecular complexity index is 1220. The first-order valence-corrected chi connectivity index (χ1v) is 11.7. The Kier molecular flexibility index (Phi) is 5.94. The first-order valence-electron chi connectivity index (χ1n) is 9.26. The summed E-state index contributed by atoms with van der Waals surface area (Å²) in [7, 11) is -2.01. The highest BCUT2D eigenvalue weighted by Crippen LogP contribution is 2.24. The van der Waals surface area contributed by atoms with E-state index in [0.717, 1.165) is 33.6 Å². The van der Waals surface area contributed by atoms with Crippen LogP contribution in [0.25, 0.3) is 22.3 Å².